The van der Waals surface area contributed by atoms with E-state index in [0.717, 1.165) is 25.7 Å². The average molecular weight is 244 g/mol. The molecule has 0 atom stereocenters. The van der Waals surface area contributed by atoms with Gasteiger partial charge in [0.05, 0.1) is 0 Å². The van der Waals surface area contributed by atoms with Gasteiger partial charge in [-0.25, -0.2) is 4.79 Å². The van der Waals surface area contributed by atoms with Crippen molar-refractivity contribution >= 4 is 5.97 Å². The maximum absolute atomic E-state index is 11.5. The maximum atomic E-state index is 11.5. The zero-order valence-corrected chi connectivity index (χ0v) is 12.3. The van der Waals surface area contributed by atoms with Crippen LogP contribution in [-0.2, 0) is 14.6 Å². The first-order valence-electron chi connectivity index (χ1n) is 6.67. The lowest BCUT2D eigenvalue weighted by Gasteiger charge is -2.28. The fraction of sp³-hybridized carbons (Fsp3) is 0.929. The Morgan fingerprint density at radius 3 is 1.82 bits per heavy atom. The largest absolute Gasteiger partial charge is 0.342 e. The number of carbonyl (C=O) groups is 1. The molecule has 0 saturated heterocycles. The summed E-state index contributed by atoms with van der Waals surface area (Å²) in [7, 11) is 0. The van der Waals surface area contributed by atoms with Crippen molar-refractivity contribution in [3.63, 3.8) is 0 Å². The van der Waals surface area contributed by atoms with Crippen molar-refractivity contribution in [1.82, 2.24) is 0 Å². The van der Waals surface area contributed by atoms with Crippen LogP contribution in [0.3, 0.4) is 0 Å². The van der Waals surface area contributed by atoms with Gasteiger partial charge in [0.15, 0.2) is 0 Å². The van der Waals surface area contributed by atoms with Gasteiger partial charge >= 0.3 is 5.97 Å². The van der Waals surface area contributed by atoms with Gasteiger partial charge in [-0.05, 0) is 31.1 Å². The second kappa shape index (κ2) is 7.00. The lowest BCUT2D eigenvalue weighted by atomic mass is 9.91. The van der Waals surface area contributed by atoms with E-state index in [-0.39, 0.29) is 17.0 Å². The molecule has 0 N–H and O–H groups in total. The minimum Gasteiger partial charge on any atom is -0.298 e. The molecule has 0 aliphatic heterocycles. The van der Waals surface area contributed by atoms with Crippen LogP contribution in [0.5, 0.6) is 0 Å². The van der Waals surface area contributed by atoms with Gasteiger partial charge in [0.25, 0.3) is 0 Å². The van der Waals surface area contributed by atoms with Gasteiger partial charge in [0.1, 0.15) is 5.60 Å². The van der Waals surface area contributed by atoms with Crippen LogP contribution in [0.15, 0.2) is 0 Å². The summed E-state index contributed by atoms with van der Waals surface area (Å²) in [5.41, 5.74) is -0.159. The van der Waals surface area contributed by atoms with Crippen LogP contribution in [-0.4, -0.2) is 11.6 Å². The van der Waals surface area contributed by atoms with Crippen molar-refractivity contribution in [2.45, 2.75) is 79.2 Å². The molecule has 3 nitrogen and oxygen atoms in total. The summed E-state index contributed by atoms with van der Waals surface area (Å²) < 4.78 is 0. The highest BCUT2D eigenvalue weighted by Gasteiger charge is 2.28. The van der Waals surface area contributed by atoms with Crippen LogP contribution in [0.2, 0.25) is 0 Å². The molecule has 0 aromatic rings. The van der Waals surface area contributed by atoms with Crippen LogP contribution < -0.4 is 0 Å². The first-order chi connectivity index (χ1) is 7.78. The fourth-order valence-electron chi connectivity index (χ4n) is 1.58. The number of hydrogen-bond acceptors (Lipinski definition) is 3. The van der Waals surface area contributed by atoms with Gasteiger partial charge in [-0.3, -0.25) is 4.89 Å². The van der Waals surface area contributed by atoms with E-state index in [4.69, 9.17) is 9.78 Å². The van der Waals surface area contributed by atoms with Gasteiger partial charge < -0.3 is 0 Å². The molecule has 0 unspecified atom stereocenters. The van der Waals surface area contributed by atoms with E-state index >= 15 is 0 Å². The van der Waals surface area contributed by atoms with E-state index in [1.54, 1.807) is 0 Å². The highest BCUT2D eigenvalue weighted by Crippen LogP contribution is 2.25. The van der Waals surface area contributed by atoms with Crippen LogP contribution in [0.4, 0.5) is 0 Å². The average Bonchev–Trinajstić information content (AvgIpc) is 2.28. The Kier molecular flexibility index (Phi) is 6.76. The second-order valence-corrected chi connectivity index (χ2v) is 5.84. The predicted octanol–water partition coefficient (Wildman–Crippen LogP) is 4.26. The second-order valence-electron chi connectivity index (χ2n) is 5.84. The molecule has 0 radical (unpaired) electrons. The van der Waals surface area contributed by atoms with Crippen LogP contribution >= 0.6 is 0 Å². The molecular weight excluding hydrogens is 216 g/mol. The Balaban J connectivity index is 4.06. The third-order valence-corrected chi connectivity index (χ3v) is 3.32. The molecule has 0 saturated carbocycles. The monoisotopic (exact) mass is 244 g/mol. The smallest absolute Gasteiger partial charge is 0.298 e. The zero-order valence-electron chi connectivity index (χ0n) is 12.3. The van der Waals surface area contributed by atoms with Crippen molar-refractivity contribution in [1.29, 1.82) is 0 Å². The summed E-state index contributed by atoms with van der Waals surface area (Å²) in [5, 5.41) is 0. The third-order valence-electron chi connectivity index (χ3n) is 3.32. The molecule has 0 aromatic carbocycles. The Labute approximate surface area is 106 Å². The van der Waals surface area contributed by atoms with Crippen LogP contribution in [0, 0.1) is 5.41 Å². The molecular formula is C14H28O3. The normalized spacial score (nSPS) is 12.6. The van der Waals surface area contributed by atoms with Gasteiger partial charge in [0.2, 0.25) is 0 Å². The standard InChI is InChI=1S/C14H28O3/c1-7-14(8-2,9-3)17-16-12(15)10-11-13(4,5)6/h7-11H2,1-6H3. The molecule has 0 heterocycles. The molecule has 0 aliphatic carbocycles. The molecule has 3 heteroatoms. The molecule has 0 bridgehead atoms. The summed E-state index contributed by atoms with van der Waals surface area (Å²) >= 11 is 0. The highest BCUT2D eigenvalue weighted by molar-refractivity contribution is 5.68. The topological polar surface area (TPSA) is 35.5 Å². The minimum atomic E-state index is -0.308. The van der Waals surface area contributed by atoms with E-state index in [0.29, 0.717) is 6.42 Å². The van der Waals surface area contributed by atoms with Crippen LogP contribution in [0.25, 0.3) is 0 Å². The third kappa shape index (κ3) is 6.67. The van der Waals surface area contributed by atoms with E-state index < -0.39 is 0 Å². The SMILES string of the molecule is CCC(CC)(CC)OOC(=O)CCC(C)(C)C. The molecule has 17 heavy (non-hydrogen) atoms. The maximum Gasteiger partial charge on any atom is 0.342 e. The molecule has 0 amide bonds. The molecule has 0 spiro atoms. The first kappa shape index (κ1) is 16.4. The predicted molar refractivity (Wildman–Crippen MR) is 69.5 cm³/mol. The van der Waals surface area contributed by atoms with Gasteiger partial charge in [0, 0.05) is 6.42 Å². The number of hydrogen-bond donors (Lipinski definition) is 0. The van der Waals surface area contributed by atoms with E-state index in [1.165, 1.54) is 0 Å². The Morgan fingerprint density at radius 2 is 1.47 bits per heavy atom. The summed E-state index contributed by atoms with van der Waals surface area (Å²) in [6.45, 7) is 12.5. The van der Waals surface area contributed by atoms with Gasteiger partial charge in [-0.1, -0.05) is 41.5 Å². The Hall–Kier alpha value is -0.570. The molecule has 0 aromatic heterocycles. The van der Waals surface area contributed by atoms with Crippen molar-refractivity contribution in [3.8, 4) is 0 Å². The highest BCUT2D eigenvalue weighted by atomic mass is 17.2. The quantitative estimate of drug-likeness (QED) is 0.496. The van der Waals surface area contributed by atoms with Gasteiger partial charge in [-0.15, -0.1) is 0 Å². The van der Waals surface area contributed by atoms with Crippen molar-refractivity contribution in [2.24, 2.45) is 5.41 Å². The molecule has 102 valence electrons. The van der Waals surface area contributed by atoms with Crippen molar-refractivity contribution in [3.05, 3.63) is 0 Å². The summed E-state index contributed by atoms with van der Waals surface area (Å²) in [5.74, 6) is -0.264. The van der Waals surface area contributed by atoms with E-state index in [1.807, 2.05) is 0 Å². The minimum absolute atomic E-state index is 0.149. The lowest BCUT2D eigenvalue weighted by molar-refractivity contribution is -0.336. The van der Waals surface area contributed by atoms with E-state index in [2.05, 4.69) is 41.5 Å². The lowest BCUT2D eigenvalue weighted by Crippen LogP contribution is -2.31. The Bertz CT molecular complexity index is 216. The molecule has 0 fully saturated rings. The Morgan fingerprint density at radius 1 is 1.00 bits per heavy atom. The summed E-state index contributed by atoms with van der Waals surface area (Å²) in [6.07, 6.45) is 3.79. The van der Waals surface area contributed by atoms with Crippen molar-refractivity contribution < 1.29 is 14.6 Å². The van der Waals surface area contributed by atoms with Gasteiger partial charge in [-0.2, -0.15) is 4.89 Å². The fourth-order valence-corrected chi connectivity index (χ4v) is 1.58. The first-order valence-corrected chi connectivity index (χ1v) is 6.67. The zero-order chi connectivity index (χ0) is 13.5. The van der Waals surface area contributed by atoms with Crippen molar-refractivity contribution in [2.75, 3.05) is 0 Å². The molecule has 0 aliphatic rings. The van der Waals surface area contributed by atoms with E-state index in [9.17, 15) is 4.79 Å². The number of rotatable bonds is 7. The van der Waals surface area contributed by atoms with Crippen LogP contribution in [0.1, 0.15) is 73.6 Å². The summed E-state index contributed by atoms with van der Waals surface area (Å²) in [4.78, 5) is 21.8. The summed E-state index contributed by atoms with van der Waals surface area (Å²) in [6, 6.07) is 0. The number of carbonyl (C=O) groups excluding carboxylic acids is 1. The molecule has 0 rings (SSSR count).